The monoisotopic (exact) mass is 389 g/mol. The molecular weight excluding hydrogens is 370 g/mol. The van der Waals surface area contributed by atoms with Gasteiger partial charge in [-0.3, -0.25) is 9.36 Å². The number of aromatic nitrogens is 5. The molecule has 0 aromatic carbocycles. The molecule has 11 heteroatoms. The molecule has 3 aromatic rings. The van der Waals surface area contributed by atoms with Crippen LogP contribution < -0.4 is 5.32 Å². The quantitative estimate of drug-likeness (QED) is 0.661. The number of nitrogens with zero attached hydrogens (tertiary/aromatic N) is 5. The molecule has 0 aliphatic carbocycles. The highest BCUT2D eigenvalue weighted by molar-refractivity contribution is 7.88. The van der Waals surface area contributed by atoms with Gasteiger partial charge in [0.25, 0.3) is 5.91 Å². The van der Waals surface area contributed by atoms with Gasteiger partial charge in [-0.15, -0.1) is 0 Å². The zero-order chi connectivity index (χ0) is 19.0. The maximum Gasteiger partial charge on any atom is 0.272 e. The number of H-pyrrole nitrogens is 1. The van der Waals surface area contributed by atoms with E-state index in [9.17, 15) is 13.2 Å². The predicted molar refractivity (Wildman–Crippen MR) is 97.9 cm³/mol. The van der Waals surface area contributed by atoms with Gasteiger partial charge in [-0.05, 0) is 18.9 Å². The zero-order valence-corrected chi connectivity index (χ0v) is 15.5. The minimum atomic E-state index is -3.20. The molecule has 0 unspecified atom stereocenters. The Morgan fingerprint density at radius 1 is 1.30 bits per heavy atom. The van der Waals surface area contributed by atoms with E-state index < -0.39 is 10.0 Å². The second kappa shape index (κ2) is 6.74. The maximum atomic E-state index is 12.8. The number of nitrogens with one attached hydrogen (secondary N) is 2. The lowest BCUT2D eigenvalue weighted by Crippen LogP contribution is -2.46. The summed E-state index contributed by atoms with van der Waals surface area (Å²) in [7, 11) is -3.20. The second-order valence-electron chi connectivity index (χ2n) is 6.49. The van der Waals surface area contributed by atoms with Crippen LogP contribution in [0.4, 0.5) is 0 Å². The number of imidazole rings is 1. The summed E-state index contributed by atoms with van der Waals surface area (Å²) >= 11 is 0. The summed E-state index contributed by atoms with van der Waals surface area (Å²) in [5.41, 5.74) is 1.44. The van der Waals surface area contributed by atoms with Crippen LogP contribution in [0.25, 0.3) is 17.0 Å². The molecule has 10 nitrogen and oxygen atoms in total. The number of hydrogen-bond donors (Lipinski definition) is 2. The SMILES string of the molecule is CS(=O)(=O)N1CCC(NC(=O)c2nc(-n3ccnc3)nc3cc[nH]c23)CC1. The van der Waals surface area contributed by atoms with E-state index in [-0.39, 0.29) is 17.6 Å². The van der Waals surface area contributed by atoms with E-state index in [0.29, 0.717) is 42.9 Å². The molecule has 27 heavy (non-hydrogen) atoms. The van der Waals surface area contributed by atoms with Crippen LogP contribution in [0.1, 0.15) is 23.3 Å². The number of fused-ring (bicyclic) bond motifs is 1. The topological polar surface area (TPSA) is 126 Å². The van der Waals surface area contributed by atoms with Gasteiger partial charge in [-0.2, -0.15) is 0 Å². The molecule has 1 aliphatic rings. The van der Waals surface area contributed by atoms with Gasteiger partial charge in [0, 0.05) is 37.7 Å². The van der Waals surface area contributed by atoms with Crippen molar-refractivity contribution in [2.75, 3.05) is 19.3 Å². The highest BCUT2D eigenvalue weighted by atomic mass is 32.2. The van der Waals surface area contributed by atoms with E-state index in [1.807, 2.05) is 0 Å². The van der Waals surface area contributed by atoms with E-state index in [2.05, 4.69) is 25.3 Å². The molecule has 0 bridgehead atoms. The molecule has 1 fully saturated rings. The molecular formula is C16H19N7O3S. The van der Waals surface area contributed by atoms with Gasteiger partial charge in [0.05, 0.1) is 17.3 Å². The number of carbonyl (C=O) groups excluding carboxylic acids is 1. The van der Waals surface area contributed by atoms with E-state index in [1.54, 1.807) is 35.6 Å². The summed E-state index contributed by atoms with van der Waals surface area (Å²) < 4.78 is 26.3. The first-order chi connectivity index (χ1) is 12.9. The molecule has 2 N–H and O–H groups in total. The summed E-state index contributed by atoms with van der Waals surface area (Å²) in [4.78, 5) is 28.7. The summed E-state index contributed by atoms with van der Waals surface area (Å²) in [6.07, 6.45) is 8.91. The van der Waals surface area contributed by atoms with Gasteiger partial charge in [-0.25, -0.2) is 27.7 Å². The first kappa shape index (κ1) is 17.6. The van der Waals surface area contributed by atoms with Crippen molar-refractivity contribution >= 4 is 27.0 Å². The van der Waals surface area contributed by atoms with Crippen molar-refractivity contribution in [3.63, 3.8) is 0 Å². The Morgan fingerprint density at radius 3 is 2.74 bits per heavy atom. The van der Waals surface area contributed by atoms with Crippen LogP contribution in [0, 0.1) is 0 Å². The Labute approximate surface area is 155 Å². The third kappa shape index (κ3) is 3.55. The van der Waals surface area contributed by atoms with Crippen molar-refractivity contribution in [1.82, 2.24) is 34.1 Å². The molecule has 1 aliphatic heterocycles. The second-order valence-corrected chi connectivity index (χ2v) is 8.47. The Morgan fingerprint density at radius 2 is 2.07 bits per heavy atom. The van der Waals surface area contributed by atoms with Crippen molar-refractivity contribution in [2.45, 2.75) is 18.9 Å². The standard InChI is InChI=1S/C16H19N7O3S/c1-27(25,26)23-7-3-11(4-8-23)19-15(24)14-13-12(2-5-18-13)20-16(21-14)22-9-6-17-10-22/h2,5-6,9-11,18H,3-4,7-8H2,1H3,(H,19,24). The summed E-state index contributed by atoms with van der Waals surface area (Å²) in [6.45, 7) is 0.789. The van der Waals surface area contributed by atoms with Crippen LogP contribution in [0.2, 0.25) is 0 Å². The van der Waals surface area contributed by atoms with Gasteiger partial charge >= 0.3 is 0 Å². The summed E-state index contributed by atoms with van der Waals surface area (Å²) in [5, 5.41) is 2.97. The van der Waals surface area contributed by atoms with Crippen molar-refractivity contribution in [3.8, 4) is 5.95 Å². The summed E-state index contributed by atoms with van der Waals surface area (Å²) in [6, 6.07) is 1.67. The van der Waals surface area contributed by atoms with Crippen LogP contribution in [-0.4, -0.2) is 68.5 Å². The fourth-order valence-electron chi connectivity index (χ4n) is 3.18. The first-order valence-electron chi connectivity index (χ1n) is 8.51. The van der Waals surface area contributed by atoms with Gasteiger partial charge in [-0.1, -0.05) is 0 Å². The van der Waals surface area contributed by atoms with Crippen LogP contribution in [0.3, 0.4) is 0 Å². The number of carbonyl (C=O) groups is 1. The molecule has 1 amide bonds. The number of rotatable bonds is 4. The lowest BCUT2D eigenvalue weighted by Gasteiger charge is -2.30. The van der Waals surface area contributed by atoms with Crippen LogP contribution >= 0.6 is 0 Å². The van der Waals surface area contributed by atoms with Gasteiger partial charge in [0.2, 0.25) is 16.0 Å². The number of amides is 1. The third-order valence-electron chi connectivity index (χ3n) is 4.60. The van der Waals surface area contributed by atoms with Crippen LogP contribution in [0.5, 0.6) is 0 Å². The lowest BCUT2D eigenvalue weighted by molar-refractivity contribution is 0.0920. The van der Waals surface area contributed by atoms with Crippen molar-refractivity contribution in [1.29, 1.82) is 0 Å². The minimum Gasteiger partial charge on any atom is -0.358 e. The largest absolute Gasteiger partial charge is 0.358 e. The summed E-state index contributed by atoms with van der Waals surface area (Å²) in [5.74, 6) is 0.0423. The van der Waals surface area contributed by atoms with E-state index in [0.717, 1.165) is 0 Å². The molecule has 3 aromatic heterocycles. The fraction of sp³-hybridized carbons (Fsp3) is 0.375. The third-order valence-corrected chi connectivity index (χ3v) is 5.91. The number of piperidine rings is 1. The molecule has 4 heterocycles. The van der Waals surface area contributed by atoms with Crippen LogP contribution in [-0.2, 0) is 10.0 Å². The van der Waals surface area contributed by atoms with Crippen LogP contribution in [0.15, 0.2) is 31.0 Å². The van der Waals surface area contributed by atoms with Crippen molar-refractivity contribution < 1.29 is 13.2 Å². The van der Waals surface area contributed by atoms with E-state index >= 15 is 0 Å². The Balaban J connectivity index is 1.56. The predicted octanol–water partition coefficient (Wildman–Crippen LogP) is 0.297. The van der Waals surface area contributed by atoms with Gasteiger partial charge in [0.1, 0.15) is 6.33 Å². The highest BCUT2D eigenvalue weighted by Gasteiger charge is 2.27. The molecule has 1 saturated heterocycles. The molecule has 0 saturated carbocycles. The van der Waals surface area contributed by atoms with Crippen molar-refractivity contribution in [2.24, 2.45) is 0 Å². The zero-order valence-electron chi connectivity index (χ0n) is 14.7. The lowest BCUT2D eigenvalue weighted by atomic mass is 10.1. The van der Waals surface area contributed by atoms with Gasteiger partial charge in [0.15, 0.2) is 5.69 Å². The Bertz CT molecular complexity index is 1070. The average molecular weight is 389 g/mol. The Kier molecular flexibility index (Phi) is 4.40. The average Bonchev–Trinajstić information content (AvgIpc) is 3.32. The molecule has 4 rings (SSSR count). The van der Waals surface area contributed by atoms with Gasteiger partial charge < -0.3 is 10.3 Å². The number of aromatic amines is 1. The highest BCUT2D eigenvalue weighted by Crippen LogP contribution is 2.18. The Hall–Kier alpha value is -2.79. The van der Waals surface area contributed by atoms with Crippen molar-refractivity contribution in [3.05, 3.63) is 36.7 Å². The minimum absolute atomic E-state index is 0.104. The fourth-order valence-corrected chi connectivity index (χ4v) is 4.05. The van der Waals surface area contributed by atoms with E-state index in [1.165, 1.54) is 10.6 Å². The number of hydrogen-bond acceptors (Lipinski definition) is 6. The van der Waals surface area contributed by atoms with E-state index in [4.69, 9.17) is 0 Å². The molecule has 0 radical (unpaired) electrons. The number of sulfonamides is 1. The first-order valence-corrected chi connectivity index (χ1v) is 10.4. The smallest absolute Gasteiger partial charge is 0.272 e. The molecule has 0 spiro atoms. The maximum absolute atomic E-state index is 12.8. The molecule has 142 valence electrons. The molecule has 0 atom stereocenters. The normalized spacial score (nSPS) is 16.6.